The van der Waals surface area contributed by atoms with Crippen LogP contribution in [0.1, 0.15) is 58.0 Å². The van der Waals surface area contributed by atoms with Gasteiger partial charge < -0.3 is 29.2 Å². The van der Waals surface area contributed by atoms with Crippen LogP contribution in [0.5, 0.6) is 5.75 Å². The van der Waals surface area contributed by atoms with Crippen molar-refractivity contribution in [3.63, 3.8) is 0 Å². The molecule has 0 bridgehead atoms. The third-order valence-corrected chi connectivity index (χ3v) is 12.1. The number of fused-ring (bicyclic) bond motifs is 3. The summed E-state index contributed by atoms with van der Waals surface area (Å²) in [6.45, 7) is -0.451. The molecule has 2 N–H and O–H groups in total. The Morgan fingerprint density at radius 3 is 2.03 bits per heavy atom. The number of hydrogen-bond donors (Lipinski definition) is 2. The van der Waals surface area contributed by atoms with Crippen molar-refractivity contribution in [1.29, 1.82) is 0 Å². The van der Waals surface area contributed by atoms with Gasteiger partial charge in [0, 0.05) is 24.1 Å². The Bertz CT molecular complexity index is 2790. The molecule has 3 heterocycles. The molecule has 1 spiro atoms. The predicted octanol–water partition coefficient (Wildman–Crippen LogP) is 6.09. The number of hydrogen-bond acceptors (Lipinski definition) is 14. The third-order valence-electron chi connectivity index (χ3n) is 12.1. The van der Waals surface area contributed by atoms with E-state index in [2.05, 4.69) is 11.8 Å². The van der Waals surface area contributed by atoms with Gasteiger partial charge in [0.25, 0.3) is 5.69 Å². The van der Waals surface area contributed by atoms with Crippen molar-refractivity contribution in [2.45, 2.75) is 42.7 Å². The Labute approximate surface area is 376 Å². The number of phenolic OH excluding ortho intramolecular Hbond substituents is 1. The zero-order valence-corrected chi connectivity index (χ0v) is 35.1. The number of ether oxygens (including phenoxy) is 4. The summed E-state index contributed by atoms with van der Waals surface area (Å²) in [5.41, 5.74) is -0.727. The van der Waals surface area contributed by atoms with Gasteiger partial charge in [-0.05, 0) is 70.3 Å². The van der Waals surface area contributed by atoms with Gasteiger partial charge in [0.05, 0.1) is 36.9 Å². The molecule has 8 rings (SSSR count). The number of nitrogens with zero attached hydrogens (tertiary/aromatic N) is 3. The molecule has 3 aliphatic rings. The van der Waals surface area contributed by atoms with Gasteiger partial charge in [-0.15, -0.1) is 0 Å². The zero-order chi connectivity index (χ0) is 46.9. The average molecular weight is 894 g/mol. The molecular weight excluding hydrogens is 855 g/mol. The molecule has 6 atom stereocenters. The Kier molecular flexibility index (Phi) is 12.1. The van der Waals surface area contributed by atoms with Crippen LogP contribution in [-0.2, 0) is 54.9 Å². The second-order valence-corrected chi connectivity index (χ2v) is 15.7. The summed E-state index contributed by atoms with van der Waals surface area (Å²) in [7, 11) is 2.20. The van der Waals surface area contributed by atoms with Gasteiger partial charge in [0.15, 0.2) is 5.92 Å². The Morgan fingerprint density at radius 1 is 0.818 bits per heavy atom. The summed E-state index contributed by atoms with van der Waals surface area (Å²) in [5.74, 6) is -3.25. The Morgan fingerprint density at radius 2 is 1.44 bits per heavy atom. The molecule has 17 nitrogen and oxygen atoms in total. The van der Waals surface area contributed by atoms with Crippen LogP contribution in [0.3, 0.4) is 0 Å². The lowest BCUT2D eigenvalue weighted by Gasteiger charge is -2.46. The molecule has 0 saturated carbocycles. The summed E-state index contributed by atoms with van der Waals surface area (Å²) >= 11 is 0. The second kappa shape index (κ2) is 18.0. The highest BCUT2D eigenvalue weighted by molar-refractivity contribution is 6.23. The first-order valence-corrected chi connectivity index (χ1v) is 20.4. The largest absolute Gasteiger partial charge is 0.508 e. The number of carbonyl (C=O) groups excluding carboxylic acids is 5. The fourth-order valence-corrected chi connectivity index (χ4v) is 9.33. The molecule has 0 aromatic heterocycles. The first-order chi connectivity index (χ1) is 31.8. The molecule has 2 amide bonds. The van der Waals surface area contributed by atoms with E-state index in [-0.39, 0.29) is 34.7 Å². The van der Waals surface area contributed by atoms with Crippen molar-refractivity contribution in [2.75, 3.05) is 19.1 Å². The van der Waals surface area contributed by atoms with Crippen molar-refractivity contribution in [3.8, 4) is 17.6 Å². The van der Waals surface area contributed by atoms with Crippen molar-refractivity contribution >= 4 is 47.3 Å². The fraction of sp³-hybridized carbons (Fsp3) is 0.224. The maximum Gasteiger partial charge on any atom is 0.421 e. The molecule has 66 heavy (non-hydrogen) atoms. The number of rotatable bonds is 10. The fourth-order valence-electron chi connectivity index (χ4n) is 9.33. The van der Waals surface area contributed by atoms with Crippen LogP contribution in [-0.4, -0.2) is 76.2 Å². The van der Waals surface area contributed by atoms with Crippen LogP contribution in [0.2, 0.25) is 0 Å². The van der Waals surface area contributed by atoms with Crippen molar-refractivity contribution in [2.24, 2.45) is 11.8 Å². The molecule has 5 aromatic carbocycles. The molecule has 3 aliphatic heterocycles. The van der Waals surface area contributed by atoms with Crippen LogP contribution >= 0.6 is 0 Å². The van der Waals surface area contributed by atoms with Gasteiger partial charge in [-0.1, -0.05) is 84.6 Å². The Balaban J connectivity index is 1.36. The van der Waals surface area contributed by atoms with Crippen LogP contribution in [0, 0.1) is 33.8 Å². The number of amides is 2. The first-order valence-electron chi connectivity index (χ1n) is 20.4. The minimum absolute atomic E-state index is 0.0279. The number of morpholine rings is 1. The van der Waals surface area contributed by atoms with Crippen molar-refractivity contribution < 1.29 is 62.9 Å². The van der Waals surface area contributed by atoms with Crippen LogP contribution in [0.4, 0.5) is 16.2 Å². The number of esters is 3. The maximum absolute atomic E-state index is 15.9. The number of carbonyl (C=O) groups is 6. The van der Waals surface area contributed by atoms with E-state index in [0.29, 0.717) is 27.2 Å². The quantitative estimate of drug-likeness (QED) is 0.0404. The molecule has 0 aliphatic carbocycles. The standard InChI is InChI=1S/C49H39N3O14/c1-63-44(56)35(45(57)64-2)15-9-10-28-18-25-37-36(26-28)49(47(59)50(37)48(60)65-27-29-16-21-33(22-17-29)52(61)62)38(43(54)55)40-46(58)66-41(31-13-7-4-8-14-31)39(30-11-5-3-6-12-30)51(40)42(49)32-19-23-34(53)24-20-32/h3-8,11-14,16-26,35,38-42,53H,15,27H2,1-2H3,(H,54,55)/t38-,39-,40-,41+,42+,49-/m0/s1. The van der Waals surface area contributed by atoms with E-state index in [1.165, 1.54) is 66.7 Å². The highest BCUT2D eigenvalue weighted by Crippen LogP contribution is 2.66. The summed E-state index contributed by atoms with van der Waals surface area (Å²) in [4.78, 5) is 97.4. The van der Waals surface area contributed by atoms with Gasteiger partial charge in [0.2, 0.25) is 5.91 Å². The third kappa shape index (κ3) is 7.62. The number of aromatic hydroxyl groups is 1. The molecule has 334 valence electrons. The van der Waals surface area contributed by atoms with Gasteiger partial charge >= 0.3 is 30.0 Å². The monoisotopic (exact) mass is 893 g/mol. The van der Waals surface area contributed by atoms with E-state index in [9.17, 15) is 44.3 Å². The molecule has 2 saturated heterocycles. The summed E-state index contributed by atoms with van der Waals surface area (Å²) in [6.07, 6.45) is -2.62. The van der Waals surface area contributed by atoms with Gasteiger partial charge in [-0.25, -0.2) is 9.69 Å². The topological polar surface area (TPSA) is 229 Å². The number of nitro groups is 1. The second-order valence-electron chi connectivity index (χ2n) is 15.7. The number of methoxy groups -OCH3 is 2. The van der Waals surface area contributed by atoms with Gasteiger partial charge in [0.1, 0.15) is 35.8 Å². The van der Waals surface area contributed by atoms with Crippen LogP contribution < -0.4 is 4.90 Å². The first kappa shape index (κ1) is 44.3. The van der Waals surface area contributed by atoms with Crippen molar-refractivity contribution in [1.82, 2.24) is 4.90 Å². The lowest BCUT2D eigenvalue weighted by atomic mass is 9.65. The van der Waals surface area contributed by atoms with E-state index >= 15 is 4.79 Å². The summed E-state index contributed by atoms with van der Waals surface area (Å²) in [6, 6.07) is 28.9. The minimum atomic E-state index is -2.36. The maximum atomic E-state index is 15.9. The van der Waals surface area contributed by atoms with Crippen LogP contribution in [0.15, 0.2) is 127 Å². The van der Waals surface area contributed by atoms with Gasteiger partial charge in [-0.3, -0.25) is 39.0 Å². The van der Waals surface area contributed by atoms with E-state index in [0.717, 1.165) is 14.2 Å². The SMILES string of the molecule is COC(=O)C(CC#Cc1ccc2c(c1)[C@]1(C(=O)N2C(=O)OCc2ccc([N+](=O)[O-])cc2)[C@H](C(=O)O)[C@H]2C(=O)O[C@H](c3ccccc3)[C@H](c3ccccc3)N2[C@@H]1c1ccc(O)cc1)C(=O)OC. The molecule has 0 unspecified atom stereocenters. The Hall–Kier alpha value is -8.36. The number of phenols is 1. The van der Waals surface area contributed by atoms with Gasteiger partial charge in [-0.2, -0.15) is 0 Å². The predicted molar refractivity (Wildman–Crippen MR) is 230 cm³/mol. The lowest BCUT2D eigenvalue weighted by Crippen LogP contribution is -2.53. The molecule has 0 radical (unpaired) electrons. The average Bonchev–Trinajstić information content (AvgIpc) is 3.79. The van der Waals surface area contributed by atoms with Crippen molar-refractivity contribution in [3.05, 3.63) is 171 Å². The molecule has 17 heteroatoms. The number of imide groups is 1. The van der Waals surface area contributed by atoms with E-state index in [1.54, 1.807) is 65.6 Å². The zero-order valence-electron chi connectivity index (χ0n) is 35.1. The number of carboxylic acids is 1. The number of cyclic esters (lactones) is 1. The highest BCUT2D eigenvalue weighted by atomic mass is 16.6. The number of anilines is 1. The molecular formula is C49H39N3O14. The van der Waals surface area contributed by atoms with Crippen LogP contribution in [0.25, 0.3) is 0 Å². The summed E-state index contributed by atoms with van der Waals surface area (Å²) < 4.78 is 21.5. The highest BCUT2D eigenvalue weighted by Gasteiger charge is 2.76. The normalized spacial score (nSPS) is 21.8. The smallest absolute Gasteiger partial charge is 0.421 e. The number of aliphatic carboxylic acids is 1. The number of benzene rings is 5. The summed E-state index contributed by atoms with van der Waals surface area (Å²) in [5, 5.41) is 33.4. The van der Waals surface area contributed by atoms with E-state index in [1.807, 2.05) is 0 Å². The van der Waals surface area contributed by atoms with E-state index < -0.39 is 88.9 Å². The number of non-ortho nitro benzene ring substituents is 1. The molecule has 2 fully saturated rings. The lowest BCUT2D eigenvalue weighted by molar-refractivity contribution is -0.384. The minimum Gasteiger partial charge on any atom is -0.508 e. The number of carboxylic acid groups (broad SMARTS) is 1. The van der Waals surface area contributed by atoms with E-state index in [4.69, 9.17) is 18.9 Å². The number of nitro benzene ring substituents is 1. The molecule has 5 aromatic rings.